The minimum absolute atomic E-state index is 0.158. The summed E-state index contributed by atoms with van der Waals surface area (Å²) in [5.41, 5.74) is 0.766. The lowest BCUT2D eigenvalue weighted by molar-refractivity contribution is -0.140. The lowest BCUT2D eigenvalue weighted by Gasteiger charge is -2.03. The molecule has 3 nitrogen and oxygen atoms in total. The number of halogens is 2. The minimum Gasteiger partial charge on any atom is -0.469 e. The zero-order chi connectivity index (χ0) is 13.5. The third-order valence-electron chi connectivity index (χ3n) is 2.29. The monoisotopic (exact) mass is 270 g/mol. The van der Waals surface area contributed by atoms with Gasteiger partial charge in [0, 0.05) is 12.0 Å². The molecule has 0 aromatic heterocycles. The number of hydrogen-bond donors (Lipinski definition) is 0. The largest absolute Gasteiger partial charge is 0.469 e. The van der Waals surface area contributed by atoms with Crippen molar-refractivity contribution in [2.75, 3.05) is 7.11 Å². The zero-order valence-electron chi connectivity index (χ0n) is 9.78. The van der Waals surface area contributed by atoms with Crippen LogP contribution in [-0.2, 0) is 14.3 Å². The van der Waals surface area contributed by atoms with Crippen LogP contribution in [0.15, 0.2) is 30.3 Å². The molecule has 0 atom stereocenters. The molecular formula is C13H12ClFO3. The highest BCUT2D eigenvalue weighted by Gasteiger charge is 2.09. The van der Waals surface area contributed by atoms with Gasteiger partial charge in [-0.15, -0.1) is 0 Å². The summed E-state index contributed by atoms with van der Waals surface area (Å²) in [4.78, 5) is 22.2. The number of carbonyl (C=O) groups is 2. The van der Waals surface area contributed by atoms with Gasteiger partial charge in [0.1, 0.15) is 5.82 Å². The van der Waals surface area contributed by atoms with Crippen molar-refractivity contribution >= 4 is 28.4 Å². The highest BCUT2D eigenvalue weighted by atomic mass is 35.5. The van der Waals surface area contributed by atoms with Gasteiger partial charge >= 0.3 is 5.97 Å². The van der Waals surface area contributed by atoms with Crippen molar-refractivity contribution in [2.45, 2.75) is 12.8 Å². The van der Waals surface area contributed by atoms with Gasteiger partial charge in [0.2, 0.25) is 0 Å². The molecule has 0 radical (unpaired) electrons. The molecule has 96 valence electrons. The Morgan fingerprint density at radius 3 is 2.44 bits per heavy atom. The second kappa shape index (κ2) is 6.91. The number of benzene rings is 1. The predicted octanol–water partition coefficient (Wildman–Crippen LogP) is 2.93. The quantitative estimate of drug-likeness (QED) is 0.469. The number of allylic oxidation sites excluding steroid dienone is 2. The number of methoxy groups -OCH3 is 1. The second-order valence-electron chi connectivity index (χ2n) is 3.51. The molecule has 0 aliphatic carbocycles. The van der Waals surface area contributed by atoms with E-state index in [1.54, 1.807) is 6.08 Å². The fourth-order valence-electron chi connectivity index (χ4n) is 1.38. The van der Waals surface area contributed by atoms with E-state index in [0.717, 1.165) is 0 Å². The maximum atomic E-state index is 12.8. The van der Waals surface area contributed by atoms with Crippen LogP contribution in [0, 0.1) is 5.82 Å². The summed E-state index contributed by atoms with van der Waals surface area (Å²) >= 11 is 5.45. The van der Waals surface area contributed by atoms with Crippen molar-refractivity contribution in [2.24, 2.45) is 0 Å². The van der Waals surface area contributed by atoms with E-state index < -0.39 is 11.1 Å². The Morgan fingerprint density at radius 2 is 1.94 bits per heavy atom. The summed E-state index contributed by atoms with van der Waals surface area (Å²) in [7, 11) is 1.29. The Kier molecular flexibility index (Phi) is 5.52. The SMILES string of the molecule is COC(=O)CC/C=C(\C(=O)Cl)c1ccc(F)cc1. The smallest absolute Gasteiger partial charge is 0.305 e. The standard InChI is InChI=1S/C13H12ClFO3/c1-18-12(16)4-2-3-11(13(14)17)9-5-7-10(15)8-6-9/h3,5-8H,2,4H2,1H3/b11-3-. The number of rotatable bonds is 5. The van der Waals surface area contributed by atoms with Crippen molar-refractivity contribution in [3.05, 3.63) is 41.7 Å². The molecule has 1 aromatic rings. The number of esters is 1. The van der Waals surface area contributed by atoms with Crippen LogP contribution in [0.2, 0.25) is 0 Å². The Hall–Kier alpha value is -1.68. The lowest BCUT2D eigenvalue weighted by Crippen LogP contribution is -1.99. The van der Waals surface area contributed by atoms with Crippen LogP contribution in [0.3, 0.4) is 0 Å². The first-order valence-electron chi connectivity index (χ1n) is 5.27. The zero-order valence-corrected chi connectivity index (χ0v) is 10.5. The first-order valence-corrected chi connectivity index (χ1v) is 5.65. The maximum Gasteiger partial charge on any atom is 0.305 e. The first-order chi connectivity index (χ1) is 8.54. The van der Waals surface area contributed by atoms with Gasteiger partial charge in [0.05, 0.1) is 7.11 Å². The third-order valence-corrected chi connectivity index (χ3v) is 2.50. The van der Waals surface area contributed by atoms with E-state index in [-0.39, 0.29) is 18.0 Å². The van der Waals surface area contributed by atoms with Crippen molar-refractivity contribution < 1.29 is 18.7 Å². The molecule has 0 N–H and O–H groups in total. The molecular weight excluding hydrogens is 259 g/mol. The van der Waals surface area contributed by atoms with E-state index in [4.69, 9.17) is 11.6 Å². The molecule has 0 aliphatic rings. The summed E-state index contributed by atoms with van der Waals surface area (Å²) in [5.74, 6) is -0.763. The van der Waals surface area contributed by atoms with Gasteiger partial charge in [-0.3, -0.25) is 9.59 Å². The van der Waals surface area contributed by atoms with Crippen molar-refractivity contribution in [1.82, 2.24) is 0 Å². The van der Waals surface area contributed by atoms with Crippen molar-refractivity contribution in [3.8, 4) is 0 Å². The van der Waals surface area contributed by atoms with Gasteiger partial charge in [0.15, 0.2) is 0 Å². The molecule has 0 aliphatic heterocycles. The second-order valence-corrected chi connectivity index (χ2v) is 3.86. The van der Waals surface area contributed by atoms with Gasteiger partial charge in [-0.1, -0.05) is 18.2 Å². The number of carbonyl (C=O) groups excluding carboxylic acids is 2. The molecule has 1 aromatic carbocycles. The van der Waals surface area contributed by atoms with Gasteiger partial charge in [0.25, 0.3) is 5.24 Å². The molecule has 0 bridgehead atoms. The fourth-order valence-corrected chi connectivity index (χ4v) is 1.56. The van der Waals surface area contributed by atoms with Crippen LogP contribution in [0.4, 0.5) is 4.39 Å². The number of hydrogen-bond acceptors (Lipinski definition) is 3. The normalized spacial score (nSPS) is 11.2. The van der Waals surface area contributed by atoms with Gasteiger partial charge in [-0.25, -0.2) is 4.39 Å². The molecule has 0 amide bonds. The molecule has 18 heavy (non-hydrogen) atoms. The van der Waals surface area contributed by atoms with E-state index in [9.17, 15) is 14.0 Å². The molecule has 0 unspecified atom stereocenters. The van der Waals surface area contributed by atoms with E-state index in [0.29, 0.717) is 12.0 Å². The lowest BCUT2D eigenvalue weighted by atomic mass is 10.1. The molecule has 0 heterocycles. The predicted molar refractivity (Wildman–Crippen MR) is 66.5 cm³/mol. The Bertz CT molecular complexity index is 466. The summed E-state index contributed by atoms with van der Waals surface area (Å²) in [6.07, 6.45) is 2.03. The van der Waals surface area contributed by atoms with Crippen LogP contribution in [-0.4, -0.2) is 18.3 Å². The van der Waals surface area contributed by atoms with Crippen molar-refractivity contribution in [1.29, 1.82) is 0 Å². The Morgan fingerprint density at radius 1 is 1.33 bits per heavy atom. The van der Waals surface area contributed by atoms with Crippen LogP contribution >= 0.6 is 11.6 Å². The topological polar surface area (TPSA) is 43.4 Å². The molecule has 5 heteroatoms. The molecule has 0 saturated heterocycles. The van der Waals surface area contributed by atoms with Gasteiger partial charge < -0.3 is 4.74 Å². The van der Waals surface area contributed by atoms with Gasteiger partial charge in [-0.2, -0.15) is 0 Å². The van der Waals surface area contributed by atoms with E-state index in [1.165, 1.54) is 31.4 Å². The molecule has 0 fully saturated rings. The molecule has 0 spiro atoms. The summed E-state index contributed by atoms with van der Waals surface area (Å²) < 4.78 is 17.2. The summed E-state index contributed by atoms with van der Waals surface area (Å²) in [5, 5.41) is -0.647. The average molecular weight is 271 g/mol. The van der Waals surface area contributed by atoms with Crippen LogP contribution in [0.1, 0.15) is 18.4 Å². The van der Waals surface area contributed by atoms with Gasteiger partial charge in [-0.05, 0) is 35.7 Å². The Labute approximate surface area is 109 Å². The van der Waals surface area contributed by atoms with Crippen LogP contribution < -0.4 is 0 Å². The summed E-state index contributed by atoms with van der Waals surface area (Å²) in [6, 6.07) is 5.39. The molecule has 1 rings (SSSR count). The summed E-state index contributed by atoms with van der Waals surface area (Å²) in [6.45, 7) is 0. The van der Waals surface area contributed by atoms with E-state index in [2.05, 4.69) is 4.74 Å². The van der Waals surface area contributed by atoms with Crippen LogP contribution in [0.5, 0.6) is 0 Å². The first kappa shape index (κ1) is 14.4. The molecule has 0 saturated carbocycles. The number of ether oxygens (including phenoxy) is 1. The third kappa shape index (κ3) is 4.30. The minimum atomic E-state index is -0.647. The highest BCUT2D eigenvalue weighted by molar-refractivity contribution is 6.74. The van der Waals surface area contributed by atoms with Crippen molar-refractivity contribution in [3.63, 3.8) is 0 Å². The van der Waals surface area contributed by atoms with Crippen LogP contribution in [0.25, 0.3) is 5.57 Å². The Balaban J connectivity index is 2.83. The fraction of sp³-hybridized carbons (Fsp3) is 0.231. The van der Waals surface area contributed by atoms with E-state index >= 15 is 0 Å². The average Bonchev–Trinajstić information content (AvgIpc) is 2.35. The maximum absolute atomic E-state index is 12.8. The highest BCUT2D eigenvalue weighted by Crippen LogP contribution is 2.19. The van der Waals surface area contributed by atoms with E-state index in [1.807, 2.05) is 0 Å².